The molecule has 2 unspecified atom stereocenters. The molecular formula is C17H25NO2. The molecule has 0 spiro atoms. The van der Waals surface area contributed by atoms with Crippen LogP contribution in [0.3, 0.4) is 0 Å². The smallest absolute Gasteiger partial charge is 0.220 e. The van der Waals surface area contributed by atoms with E-state index in [9.17, 15) is 4.79 Å². The van der Waals surface area contributed by atoms with E-state index >= 15 is 0 Å². The average Bonchev–Trinajstić information content (AvgIpc) is 2.48. The highest BCUT2D eigenvalue weighted by molar-refractivity contribution is 5.76. The maximum absolute atomic E-state index is 12.0. The minimum Gasteiger partial charge on any atom is -0.497 e. The highest BCUT2D eigenvalue weighted by atomic mass is 16.5. The molecule has 0 heterocycles. The van der Waals surface area contributed by atoms with Gasteiger partial charge < -0.3 is 10.1 Å². The van der Waals surface area contributed by atoms with Gasteiger partial charge in [-0.1, -0.05) is 31.9 Å². The van der Waals surface area contributed by atoms with Gasteiger partial charge in [-0.2, -0.15) is 0 Å². The van der Waals surface area contributed by atoms with Crippen molar-refractivity contribution in [2.24, 2.45) is 5.92 Å². The normalized spacial score (nSPS) is 22.3. The van der Waals surface area contributed by atoms with Crippen LogP contribution in [0, 0.1) is 5.92 Å². The third kappa shape index (κ3) is 4.26. The summed E-state index contributed by atoms with van der Waals surface area (Å²) in [6.45, 7) is 2.24. The summed E-state index contributed by atoms with van der Waals surface area (Å²) in [5, 5.41) is 3.20. The van der Waals surface area contributed by atoms with E-state index in [1.165, 1.54) is 24.8 Å². The monoisotopic (exact) mass is 275 g/mol. The Labute approximate surface area is 121 Å². The van der Waals surface area contributed by atoms with Gasteiger partial charge in [-0.15, -0.1) is 0 Å². The number of aryl methyl sites for hydroxylation is 1. The topological polar surface area (TPSA) is 38.3 Å². The summed E-state index contributed by atoms with van der Waals surface area (Å²) in [5.41, 5.74) is 1.18. The van der Waals surface area contributed by atoms with Crippen molar-refractivity contribution in [1.29, 1.82) is 0 Å². The van der Waals surface area contributed by atoms with Crippen LogP contribution in [0.15, 0.2) is 24.3 Å². The van der Waals surface area contributed by atoms with Gasteiger partial charge in [0.15, 0.2) is 0 Å². The van der Waals surface area contributed by atoms with Crippen molar-refractivity contribution in [1.82, 2.24) is 5.32 Å². The van der Waals surface area contributed by atoms with Gasteiger partial charge in [-0.05, 0) is 42.9 Å². The Balaban J connectivity index is 1.76. The van der Waals surface area contributed by atoms with Crippen molar-refractivity contribution in [2.45, 2.75) is 51.5 Å². The van der Waals surface area contributed by atoms with Gasteiger partial charge >= 0.3 is 0 Å². The fourth-order valence-electron chi connectivity index (χ4n) is 2.86. The van der Waals surface area contributed by atoms with Gasteiger partial charge in [-0.25, -0.2) is 0 Å². The second-order valence-corrected chi connectivity index (χ2v) is 5.78. The van der Waals surface area contributed by atoms with E-state index in [1.54, 1.807) is 7.11 Å². The quantitative estimate of drug-likeness (QED) is 0.895. The molecule has 2 atom stereocenters. The van der Waals surface area contributed by atoms with Crippen LogP contribution >= 0.6 is 0 Å². The van der Waals surface area contributed by atoms with Crippen molar-refractivity contribution in [3.05, 3.63) is 29.8 Å². The SMILES string of the molecule is COc1ccc(CCC(=O)NC2CCCCC2C)cc1. The van der Waals surface area contributed by atoms with Crippen LogP contribution in [0.2, 0.25) is 0 Å². The zero-order valence-corrected chi connectivity index (χ0v) is 12.5. The Morgan fingerprint density at radius 1 is 1.25 bits per heavy atom. The fourth-order valence-corrected chi connectivity index (χ4v) is 2.86. The average molecular weight is 275 g/mol. The Kier molecular flexibility index (Phi) is 5.45. The van der Waals surface area contributed by atoms with E-state index in [0.29, 0.717) is 18.4 Å². The number of methoxy groups -OCH3 is 1. The largest absolute Gasteiger partial charge is 0.497 e. The molecule has 1 aromatic carbocycles. The zero-order valence-electron chi connectivity index (χ0n) is 12.5. The predicted molar refractivity (Wildman–Crippen MR) is 80.9 cm³/mol. The lowest BCUT2D eigenvalue weighted by Gasteiger charge is -2.29. The number of amides is 1. The molecule has 20 heavy (non-hydrogen) atoms. The molecule has 1 aliphatic rings. The van der Waals surface area contributed by atoms with Crippen molar-refractivity contribution < 1.29 is 9.53 Å². The van der Waals surface area contributed by atoms with Crippen LogP contribution in [0.5, 0.6) is 5.75 Å². The highest BCUT2D eigenvalue weighted by Crippen LogP contribution is 2.23. The molecule has 1 fully saturated rings. The van der Waals surface area contributed by atoms with Crippen molar-refractivity contribution >= 4 is 5.91 Å². The third-order valence-corrected chi connectivity index (χ3v) is 4.26. The molecule has 0 saturated heterocycles. The van der Waals surface area contributed by atoms with E-state index in [-0.39, 0.29) is 5.91 Å². The van der Waals surface area contributed by atoms with E-state index in [1.807, 2.05) is 24.3 Å². The molecule has 1 aliphatic carbocycles. The number of carbonyl (C=O) groups is 1. The first-order valence-corrected chi connectivity index (χ1v) is 7.61. The van der Waals surface area contributed by atoms with Crippen molar-refractivity contribution in [3.8, 4) is 5.75 Å². The van der Waals surface area contributed by atoms with Gasteiger partial charge in [0.05, 0.1) is 7.11 Å². The second-order valence-electron chi connectivity index (χ2n) is 5.78. The Morgan fingerprint density at radius 2 is 1.95 bits per heavy atom. The van der Waals surface area contributed by atoms with Gasteiger partial charge in [0.1, 0.15) is 5.75 Å². The summed E-state index contributed by atoms with van der Waals surface area (Å²) >= 11 is 0. The minimum absolute atomic E-state index is 0.180. The highest BCUT2D eigenvalue weighted by Gasteiger charge is 2.22. The number of benzene rings is 1. The molecule has 0 radical (unpaired) electrons. The Hall–Kier alpha value is -1.51. The van der Waals surface area contributed by atoms with Gasteiger partial charge in [0, 0.05) is 12.5 Å². The standard InChI is InChI=1S/C17H25NO2/c1-13-5-3-4-6-16(13)18-17(19)12-9-14-7-10-15(20-2)11-8-14/h7-8,10-11,13,16H,3-6,9,12H2,1-2H3,(H,18,19). The van der Waals surface area contributed by atoms with E-state index in [0.717, 1.165) is 18.6 Å². The van der Waals surface area contributed by atoms with Crippen LogP contribution in [0.1, 0.15) is 44.6 Å². The molecule has 1 N–H and O–H groups in total. The molecule has 1 amide bonds. The molecule has 3 nitrogen and oxygen atoms in total. The zero-order chi connectivity index (χ0) is 14.4. The molecule has 0 bridgehead atoms. The summed E-state index contributed by atoms with van der Waals surface area (Å²) in [5.74, 6) is 1.66. The molecular weight excluding hydrogens is 250 g/mol. The molecule has 0 aliphatic heterocycles. The fraction of sp³-hybridized carbons (Fsp3) is 0.588. The lowest BCUT2D eigenvalue weighted by Crippen LogP contribution is -2.41. The number of rotatable bonds is 5. The maximum Gasteiger partial charge on any atom is 0.220 e. The van der Waals surface area contributed by atoms with Gasteiger partial charge in [0.2, 0.25) is 5.91 Å². The summed E-state index contributed by atoms with van der Waals surface area (Å²) in [6.07, 6.45) is 6.28. The molecule has 1 saturated carbocycles. The first-order valence-electron chi connectivity index (χ1n) is 7.61. The number of hydrogen-bond donors (Lipinski definition) is 1. The van der Waals surface area contributed by atoms with Gasteiger partial charge in [-0.3, -0.25) is 4.79 Å². The second kappa shape index (κ2) is 7.32. The minimum atomic E-state index is 0.180. The summed E-state index contributed by atoms with van der Waals surface area (Å²) < 4.78 is 5.13. The van der Waals surface area contributed by atoms with Gasteiger partial charge in [0.25, 0.3) is 0 Å². The van der Waals surface area contributed by atoms with Crippen LogP contribution in [0.25, 0.3) is 0 Å². The molecule has 2 rings (SSSR count). The summed E-state index contributed by atoms with van der Waals surface area (Å²) in [6, 6.07) is 8.31. The van der Waals surface area contributed by atoms with Crippen LogP contribution < -0.4 is 10.1 Å². The Morgan fingerprint density at radius 3 is 2.60 bits per heavy atom. The molecule has 3 heteroatoms. The van der Waals surface area contributed by atoms with E-state index in [2.05, 4.69) is 12.2 Å². The lowest BCUT2D eigenvalue weighted by atomic mass is 9.86. The van der Waals surface area contributed by atoms with Crippen LogP contribution in [-0.2, 0) is 11.2 Å². The van der Waals surface area contributed by atoms with Crippen molar-refractivity contribution in [3.63, 3.8) is 0 Å². The number of nitrogens with one attached hydrogen (secondary N) is 1. The molecule has 0 aromatic heterocycles. The maximum atomic E-state index is 12.0. The predicted octanol–water partition coefficient (Wildman–Crippen LogP) is 3.32. The first-order chi connectivity index (χ1) is 9.69. The third-order valence-electron chi connectivity index (χ3n) is 4.26. The summed E-state index contributed by atoms with van der Waals surface area (Å²) in [4.78, 5) is 12.0. The Bertz CT molecular complexity index is 427. The molecule has 1 aromatic rings. The molecule has 110 valence electrons. The van der Waals surface area contributed by atoms with E-state index in [4.69, 9.17) is 4.74 Å². The number of carbonyl (C=O) groups excluding carboxylic acids is 1. The van der Waals surface area contributed by atoms with E-state index < -0.39 is 0 Å². The van der Waals surface area contributed by atoms with Crippen LogP contribution in [-0.4, -0.2) is 19.1 Å². The summed E-state index contributed by atoms with van der Waals surface area (Å²) in [7, 11) is 1.66. The number of hydrogen-bond acceptors (Lipinski definition) is 2. The van der Waals surface area contributed by atoms with Crippen molar-refractivity contribution in [2.75, 3.05) is 7.11 Å². The first kappa shape index (κ1) is 14.9. The lowest BCUT2D eigenvalue weighted by molar-refractivity contribution is -0.122. The van der Waals surface area contributed by atoms with Crippen LogP contribution in [0.4, 0.5) is 0 Å². The number of ether oxygens (including phenoxy) is 1.